The third kappa shape index (κ3) is 30.9. The second-order valence-electron chi connectivity index (χ2n) is 20.1. The van der Waals surface area contributed by atoms with Gasteiger partial charge in [-0.25, -0.2) is 0 Å². The van der Waals surface area contributed by atoms with E-state index in [1.165, 1.54) is 141 Å². The Hall–Kier alpha value is -1.89. The van der Waals surface area contributed by atoms with Crippen molar-refractivity contribution in [3.8, 4) is 0 Å². The average molecular weight is 902 g/mol. The monoisotopic (exact) mass is 901 g/mol. The zero-order valence-electron chi connectivity index (χ0n) is 43.3. The molecule has 0 radical (unpaired) electrons. The van der Waals surface area contributed by atoms with E-state index in [1.54, 1.807) is 17.8 Å². The van der Waals surface area contributed by atoms with Gasteiger partial charge in [0.2, 0.25) is 11.8 Å². The third-order valence-electron chi connectivity index (χ3n) is 13.4. The fourth-order valence-electron chi connectivity index (χ4n) is 9.04. The molecule has 0 spiro atoms. The van der Waals surface area contributed by atoms with E-state index in [2.05, 4.69) is 53.0 Å². The maximum Gasteiger partial charge on any atom is 0.223 e. The fourth-order valence-corrected chi connectivity index (χ4v) is 9.97. The highest BCUT2D eigenvalue weighted by atomic mass is 32.2. The van der Waals surface area contributed by atoms with Gasteiger partial charge in [0.05, 0.1) is 0 Å². The van der Waals surface area contributed by atoms with Crippen LogP contribution in [0.5, 0.6) is 0 Å². The normalized spacial score (nSPS) is 12.5. The van der Waals surface area contributed by atoms with E-state index in [9.17, 15) is 19.2 Å². The summed E-state index contributed by atoms with van der Waals surface area (Å²) in [5.74, 6) is 1.99. The van der Waals surface area contributed by atoms with Crippen LogP contribution in [-0.4, -0.2) is 69.9 Å². The number of hydrogen-bond donors (Lipinski definition) is 0. The summed E-state index contributed by atoms with van der Waals surface area (Å²) < 4.78 is 0. The number of thioether (sulfide) groups is 1. The van der Waals surface area contributed by atoms with E-state index in [0.717, 1.165) is 49.4 Å². The molecule has 0 rings (SSSR count). The second kappa shape index (κ2) is 39.3. The van der Waals surface area contributed by atoms with E-state index in [-0.39, 0.29) is 28.8 Å². The molecule has 0 aromatic rings. The molecule has 0 aliphatic heterocycles. The minimum absolute atomic E-state index is 0.0795. The molecule has 0 fully saturated rings. The number of amides is 2. The van der Waals surface area contributed by atoms with Gasteiger partial charge >= 0.3 is 0 Å². The molecule has 0 aliphatic rings. The highest BCUT2D eigenvalue weighted by molar-refractivity contribution is 7.99. The van der Waals surface area contributed by atoms with Crippen molar-refractivity contribution < 1.29 is 19.2 Å². The molecule has 0 heterocycles. The first-order chi connectivity index (χ1) is 30.2. The molecule has 0 N–H and O–H groups in total. The standard InChI is InChI=1S/C56H104N2O4S/c1-11-16-18-20-22-24-26-28-30-32-34-36-44-57(45-37-35-33-31-29-27-25-23-21-19-17-12-2)53(62)41-48-63-47-40-49(6)54(51(60)14-4)55(7,8)43-46-58(52(61)15-5)56(9,10)42-38-39-50(59)13-3/h38-39,54H,6,11-37,40-48H2,1-5,7-10H3/b39-38-. The first-order valence-corrected chi connectivity index (χ1v) is 27.9. The number of allylic oxidation sites excluding steroid dienone is 2. The summed E-state index contributed by atoms with van der Waals surface area (Å²) >= 11 is 1.80. The third-order valence-corrected chi connectivity index (χ3v) is 14.4. The van der Waals surface area contributed by atoms with E-state index in [1.807, 2.05) is 31.7 Å². The fraction of sp³-hybridized carbons (Fsp3) is 0.857. The van der Waals surface area contributed by atoms with Crippen LogP contribution in [-0.2, 0) is 19.2 Å². The summed E-state index contributed by atoms with van der Waals surface area (Å²) in [6.07, 6.45) is 39.2. The lowest BCUT2D eigenvalue weighted by atomic mass is 9.69. The van der Waals surface area contributed by atoms with Gasteiger partial charge in [-0.2, -0.15) is 11.8 Å². The van der Waals surface area contributed by atoms with Crippen LogP contribution in [0.15, 0.2) is 24.3 Å². The molecule has 0 saturated heterocycles. The Morgan fingerprint density at radius 1 is 0.540 bits per heavy atom. The van der Waals surface area contributed by atoms with Crippen LogP contribution in [0.2, 0.25) is 0 Å². The van der Waals surface area contributed by atoms with E-state index in [4.69, 9.17) is 0 Å². The van der Waals surface area contributed by atoms with Gasteiger partial charge in [-0.15, -0.1) is 0 Å². The minimum Gasteiger partial charge on any atom is -0.343 e. The Balaban J connectivity index is 5.15. The summed E-state index contributed by atoms with van der Waals surface area (Å²) in [4.78, 5) is 56.4. The van der Waals surface area contributed by atoms with Crippen LogP contribution in [0.1, 0.15) is 261 Å². The summed E-state index contributed by atoms with van der Waals surface area (Å²) in [6.45, 7) is 25.4. The molecular formula is C56H104N2O4S. The number of Topliss-reactive ketones (excluding diaryl/α,β-unsaturated/α-hetero) is 1. The molecule has 2 amide bonds. The van der Waals surface area contributed by atoms with Crippen molar-refractivity contribution in [1.29, 1.82) is 0 Å². The van der Waals surface area contributed by atoms with Crippen molar-refractivity contribution in [1.82, 2.24) is 9.80 Å². The van der Waals surface area contributed by atoms with Crippen molar-refractivity contribution in [2.45, 2.75) is 267 Å². The number of unbranched alkanes of at least 4 members (excludes halogenated alkanes) is 22. The molecule has 0 aromatic heterocycles. The molecule has 1 unspecified atom stereocenters. The predicted molar refractivity (Wildman–Crippen MR) is 277 cm³/mol. The number of carbonyl (C=O) groups excluding carboxylic acids is 4. The highest BCUT2D eigenvalue weighted by Crippen LogP contribution is 2.39. The molecule has 6 nitrogen and oxygen atoms in total. The summed E-state index contributed by atoms with van der Waals surface area (Å²) in [5, 5.41) is 0. The number of hydrogen-bond acceptors (Lipinski definition) is 5. The minimum atomic E-state index is -0.460. The summed E-state index contributed by atoms with van der Waals surface area (Å²) in [6, 6.07) is 0. The lowest BCUT2D eigenvalue weighted by molar-refractivity contribution is -0.137. The van der Waals surface area contributed by atoms with Crippen molar-refractivity contribution in [2.75, 3.05) is 31.1 Å². The molecule has 7 heteroatoms. The number of carbonyl (C=O) groups is 4. The first-order valence-electron chi connectivity index (χ1n) is 26.8. The van der Waals surface area contributed by atoms with Crippen LogP contribution in [0.3, 0.4) is 0 Å². The van der Waals surface area contributed by atoms with Gasteiger partial charge in [0.15, 0.2) is 5.78 Å². The molecule has 368 valence electrons. The Kier molecular flexibility index (Phi) is 38.1. The Labute approximate surface area is 396 Å². The van der Waals surface area contributed by atoms with Gasteiger partial charge in [0.1, 0.15) is 5.78 Å². The van der Waals surface area contributed by atoms with Crippen molar-refractivity contribution in [3.63, 3.8) is 0 Å². The van der Waals surface area contributed by atoms with Crippen LogP contribution in [0.4, 0.5) is 0 Å². The van der Waals surface area contributed by atoms with Crippen LogP contribution >= 0.6 is 11.8 Å². The molecule has 0 aromatic carbocycles. The van der Waals surface area contributed by atoms with Crippen molar-refractivity contribution >= 4 is 35.1 Å². The Bertz CT molecular complexity index is 1200. The van der Waals surface area contributed by atoms with Crippen molar-refractivity contribution in [2.24, 2.45) is 11.3 Å². The zero-order chi connectivity index (χ0) is 47.2. The molecule has 0 saturated carbocycles. The van der Waals surface area contributed by atoms with Gasteiger partial charge < -0.3 is 9.80 Å². The van der Waals surface area contributed by atoms with Gasteiger partial charge in [-0.3, -0.25) is 19.2 Å². The summed E-state index contributed by atoms with van der Waals surface area (Å²) in [5.41, 5.74) is 0.112. The van der Waals surface area contributed by atoms with Crippen molar-refractivity contribution in [3.05, 3.63) is 24.3 Å². The largest absolute Gasteiger partial charge is 0.343 e. The van der Waals surface area contributed by atoms with E-state index < -0.39 is 5.54 Å². The first kappa shape index (κ1) is 61.1. The number of rotatable bonds is 45. The van der Waals surface area contributed by atoms with Crippen LogP contribution < -0.4 is 0 Å². The number of ketones is 2. The van der Waals surface area contributed by atoms with Gasteiger partial charge in [0, 0.05) is 62.5 Å². The SMILES string of the molecule is C=C(CCSCCC(=O)N(CCCCCCCCCCCCCC)CCCCCCCCCCCCCC)C(C(=O)CC)C(C)(C)CCN(C(=O)CC)C(C)(C)C/C=C\C(=O)CC. The molecular weight excluding hydrogens is 797 g/mol. The van der Waals surface area contributed by atoms with Crippen LogP contribution in [0.25, 0.3) is 0 Å². The van der Waals surface area contributed by atoms with E-state index >= 15 is 0 Å². The van der Waals surface area contributed by atoms with Gasteiger partial charge in [-0.1, -0.05) is 208 Å². The predicted octanol–water partition coefficient (Wildman–Crippen LogP) is 16.2. The van der Waals surface area contributed by atoms with E-state index in [0.29, 0.717) is 51.0 Å². The Morgan fingerprint density at radius 3 is 1.38 bits per heavy atom. The zero-order valence-corrected chi connectivity index (χ0v) is 44.1. The van der Waals surface area contributed by atoms with Crippen LogP contribution in [0, 0.1) is 11.3 Å². The second-order valence-corrected chi connectivity index (χ2v) is 21.3. The maximum atomic E-state index is 13.6. The molecule has 63 heavy (non-hydrogen) atoms. The lowest BCUT2D eigenvalue weighted by Crippen LogP contribution is -2.49. The molecule has 1 atom stereocenters. The van der Waals surface area contributed by atoms with Gasteiger partial charge in [-0.05, 0) is 63.2 Å². The molecule has 0 bridgehead atoms. The number of nitrogens with zero attached hydrogens (tertiary/aromatic N) is 2. The summed E-state index contributed by atoms with van der Waals surface area (Å²) in [7, 11) is 0. The van der Waals surface area contributed by atoms with Gasteiger partial charge in [0.25, 0.3) is 0 Å². The quantitative estimate of drug-likeness (QED) is 0.0346. The maximum absolute atomic E-state index is 13.6. The highest BCUT2D eigenvalue weighted by Gasteiger charge is 2.38. The Morgan fingerprint density at radius 2 is 0.968 bits per heavy atom. The lowest BCUT2D eigenvalue weighted by Gasteiger charge is -2.42. The smallest absolute Gasteiger partial charge is 0.223 e. The topological polar surface area (TPSA) is 74.8 Å². The molecule has 0 aliphatic carbocycles. The average Bonchev–Trinajstić information content (AvgIpc) is 3.25.